The number of aryl methyl sites for hydroxylation is 1. The fraction of sp³-hybridized carbons (Fsp3) is 0.667. The first-order chi connectivity index (χ1) is 7.33. The minimum atomic E-state index is -3.53. The summed E-state index contributed by atoms with van der Waals surface area (Å²) in [5.74, 6) is 0.466. The maximum Gasteiger partial charge on any atom is 0.246 e. The Labute approximate surface area is 94.9 Å². The van der Waals surface area contributed by atoms with Crippen LogP contribution in [0.25, 0.3) is 0 Å². The quantitative estimate of drug-likeness (QED) is 0.783. The summed E-state index contributed by atoms with van der Waals surface area (Å²) >= 11 is 0. The van der Waals surface area contributed by atoms with Crippen molar-refractivity contribution in [2.24, 2.45) is 13.0 Å². The van der Waals surface area contributed by atoms with Crippen molar-refractivity contribution < 1.29 is 8.42 Å². The Hall–Kier alpha value is -1.08. The SMILES string of the molecule is Cc1c(S(=O)(=O)NC2CC2C)c(N)nn1C. The number of hydrogen-bond donors (Lipinski definition) is 2. The zero-order chi connectivity index (χ0) is 12.1. The highest BCUT2D eigenvalue weighted by Gasteiger charge is 2.38. The molecule has 2 unspecified atom stereocenters. The second kappa shape index (κ2) is 3.46. The number of nitrogens with zero attached hydrogens (tertiary/aromatic N) is 2. The van der Waals surface area contributed by atoms with Gasteiger partial charge in [-0.3, -0.25) is 4.68 Å². The molecule has 3 N–H and O–H groups in total. The average molecular weight is 244 g/mol. The Balaban J connectivity index is 2.35. The average Bonchev–Trinajstić information content (AvgIpc) is 2.71. The van der Waals surface area contributed by atoms with Crippen molar-refractivity contribution in [2.45, 2.75) is 31.2 Å². The van der Waals surface area contributed by atoms with E-state index >= 15 is 0 Å². The van der Waals surface area contributed by atoms with Gasteiger partial charge in [0.2, 0.25) is 10.0 Å². The third-order valence-corrected chi connectivity index (χ3v) is 4.64. The zero-order valence-corrected chi connectivity index (χ0v) is 10.4. The lowest BCUT2D eigenvalue weighted by molar-refractivity contribution is 0.577. The fourth-order valence-corrected chi connectivity index (χ4v) is 3.37. The monoisotopic (exact) mass is 244 g/mol. The van der Waals surface area contributed by atoms with E-state index in [9.17, 15) is 8.42 Å². The third kappa shape index (κ3) is 1.80. The summed E-state index contributed by atoms with van der Waals surface area (Å²) in [6.07, 6.45) is 0.887. The molecule has 1 heterocycles. The number of rotatable bonds is 3. The Morgan fingerprint density at radius 2 is 2.12 bits per heavy atom. The van der Waals surface area contributed by atoms with Crippen molar-refractivity contribution in [3.8, 4) is 0 Å². The lowest BCUT2D eigenvalue weighted by atomic mass is 10.5. The number of sulfonamides is 1. The zero-order valence-electron chi connectivity index (χ0n) is 9.56. The third-order valence-electron chi connectivity index (χ3n) is 2.99. The molecule has 2 rings (SSSR count). The topological polar surface area (TPSA) is 90.0 Å². The lowest BCUT2D eigenvalue weighted by Crippen LogP contribution is -2.27. The first kappa shape index (κ1) is 11.4. The number of anilines is 1. The highest BCUT2D eigenvalue weighted by molar-refractivity contribution is 7.89. The summed E-state index contributed by atoms with van der Waals surface area (Å²) < 4.78 is 28.2. The molecule has 1 aliphatic carbocycles. The van der Waals surface area contributed by atoms with E-state index in [1.54, 1.807) is 14.0 Å². The number of nitrogen functional groups attached to an aromatic ring is 1. The van der Waals surface area contributed by atoms with Gasteiger partial charge >= 0.3 is 0 Å². The van der Waals surface area contributed by atoms with Gasteiger partial charge < -0.3 is 5.73 Å². The largest absolute Gasteiger partial charge is 0.381 e. The van der Waals surface area contributed by atoms with Crippen molar-refractivity contribution in [3.63, 3.8) is 0 Å². The summed E-state index contributed by atoms with van der Waals surface area (Å²) in [6, 6.07) is 0.0454. The number of nitrogens with two attached hydrogens (primary N) is 1. The standard InChI is InChI=1S/C9H16N4O2S/c1-5-4-7(5)12-16(14,15)8-6(2)13(3)11-9(8)10/h5,7,12H,4H2,1-3H3,(H2,10,11). The van der Waals surface area contributed by atoms with E-state index in [-0.39, 0.29) is 16.8 Å². The van der Waals surface area contributed by atoms with Crippen LogP contribution in [-0.4, -0.2) is 24.2 Å². The minimum absolute atomic E-state index is 0.0454. The van der Waals surface area contributed by atoms with Gasteiger partial charge in [-0.1, -0.05) is 6.92 Å². The predicted octanol–water partition coefficient (Wildman–Crippen LogP) is -0.00258. The van der Waals surface area contributed by atoms with Gasteiger partial charge in [0.1, 0.15) is 4.90 Å². The molecule has 1 aliphatic rings. The molecule has 1 fully saturated rings. The van der Waals surface area contributed by atoms with Gasteiger partial charge in [0, 0.05) is 13.1 Å². The number of aromatic nitrogens is 2. The van der Waals surface area contributed by atoms with Crippen LogP contribution < -0.4 is 10.5 Å². The number of nitrogens with one attached hydrogen (secondary N) is 1. The molecule has 0 radical (unpaired) electrons. The molecule has 0 saturated heterocycles. The smallest absolute Gasteiger partial charge is 0.246 e. The van der Waals surface area contributed by atoms with Gasteiger partial charge in [-0.15, -0.1) is 0 Å². The molecular formula is C9H16N4O2S. The molecule has 1 aromatic rings. The van der Waals surface area contributed by atoms with Crippen molar-refractivity contribution in [1.82, 2.24) is 14.5 Å². The molecular weight excluding hydrogens is 228 g/mol. The molecule has 0 aliphatic heterocycles. The Bertz CT molecular complexity index is 520. The second-order valence-corrected chi connectivity index (χ2v) is 6.01. The van der Waals surface area contributed by atoms with Crippen LogP contribution in [0.4, 0.5) is 5.82 Å². The van der Waals surface area contributed by atoms with E-state index in [1.165, 1.54) is 4.68 Å². The van der Waals surface area contributed by atoms with Crippen LogP contribution in [-0.2, 0) is 17.1 Å². The second-order valence-electron chi connectivity index (χ2n) is 4.36. The van der Waals surface area contributed by atoms with Crippen LogP contribution >= 0.6 is 0 Å². The molecule has 16 heavy (non-hydrogen) atoms. The molecule has 0 bridgehead atoms. The molecule has 0 amide bonds. The summed E-state index contributed by atoms with van der Waals surface area (Å²) in [5.41, 5.74) is 6.16. The van der Waals surface area contributed by atoms with E-state index in [1.807, 2.05) is 6.92 Å². The maximum atomic E-state index is 12.0. The summed E-state index contributed by atoms with van der Waals surface area (Å²) in [4.78, 5) is 0.106. The molecule has 6 nitrogen and oxygen atoms in total. The maximum absolute atomic E-state index is 12.0. The van der Waals surface area contributed by atoms with Crippen LogP contribution in [0.2, 0.25) is 0 Å². The molecule has 2 atom stereocenters. The van der Waals surface area contributed by atoms with E-state index in [4.69, 9.17) is 5.73 Å². The van der Waals surface area contributed by atoms with Crippen molar-refractivity contribution in [1.29, 1.82) is 0 Å². The van der Waals surface area contributed by atoms with Crippen LogP contribution in [0.3, 0.4) is 0 Å². The summed E-state index contributed by atoms with van der Waals surface area (Å²) in [6.45, 7) is 3.70. The van der Waals surface area contributed by atoms with Crippen LogP contribution in [0.15, 0.2) is 4.90 Å². The van der Waals surface area contributed by atoms with Crippen LogP contribution in [0.1, 0.15) is 19.0 Å². The highest BCUT2D eigenvalue weighted by atomic mass is 32.2. The summed E-state index contributed by atoms with van der Waals surface area (Å²) in [5, 5.41) is 3.90. The van der Waals surface area contributed by atoms with Gasteiger partial charge in [0.25, 0.3) is 0 Å². The van der Waals surface area contributed by atoms with Crippen molar-refractivity contribution in [3.05, 3.63) is 5.69 Å². The lowest BCUT2D eigenvalue weighted by Gasteiger charge is -2.05. The van der Waals surface area contributed by atoms with E-state index in [0.717, 1.165) is 6.42 Å². The van der Waals surface area contributed by atoms with E-state index in [2.05, 4.69) is 9.82 Å². The molecule has 1 aromatic heterocycles. The predicted molar refractivity (Wildman–Crippen MR) is 60.2 cm³/mol. The molecule has 1 saturated carbocycles. The van der Waals surface area contributed by atoms with E-state index < -0.39 is 10.0 Å². The van der Waals surface area contributed by atoms with Gasteiger partial charge in [-0.05, 0) is 19.3 Å². The van der Waals surface area contributed by atoms with Crippen LogP contribution in [0, 0.1) is 12.8 Å². The molecule has 90 valence electrons. The Morgan fingerprint density at radius 1 is 1.56 bits per heavy atom. The first-order valence-electron chi connectivity index (χ1n) is 5.14. The molecule has 0 aromatic carbocycles. The van der Waals surface area contributed by atoms with E-state index in [0.29, 0.717) is 11.6 Å². The Kier molecular flexibility index (Phi) is 2.47. The van der Waals surface area contributed by atoms with Gasteiger partial charge in [0.15, 0.2) is 5.82 Å². The fourth-order valence-electron chi connectivity index (χ4n) is 1.69. The number of hydrogen-bond acceptors (Lipinski definition) is 4. The molecule has 0 spiro atoms. The highest BCUT2D eigenvalue weighted by Crippen LogP contribution is 2.32. The minimum Gasteiger partial charge on any atom is -0.381 e. The first-order valence-corrected chi connectivity index (χ1v) is 6.62. The molecule has 7 heteroatoms. The normalized spacial score (nSPS) is 24.7. The van der Waals surface area contributed by atoms with Gasteiger partial charge in [-0.25, -0.2) is 13.1 Å². The van der Waals surface area contributed by atoms with Crippen molar-refractivity contribution >= 4 is 15.8 Å². The van der Waals surface area contributed by atoms with Crippen molar-refractivity contribution in [2.75, 3.05) is 5.73 Å². The van der Waals surface area contributed by atoms with Crippen LogP contribution in [0.5, 0.6) is 0 Å². The van der Waals surface area contributed by atoms with Gasteiger partial charge in [0.05, 0.1) is 5.69 Å². The van der Waals surface area contributed by atoms with Gasteiger partial charge in [-0.2, -0.15) is 5.10 Å². The Morgan fingerprint density at radius 3 is 2.50 bits per heavy atom. The summed E-state index contributed by atoms with van der Waals surface area (Å²) in [7, 11) is -1.86.